The molecule has 2 aliphatic carbocycles. The third kappa shape index (κ3) is 5.25. The summed E-state index contributed by atoms with van der Waals surface area (Å²) >= 11 is 0. The standard InChI is InChI=1S/C23H28N2O3S/c26-23(20-10-8-19(9-11-20)18-4-2-1-3-5-18)24-16-17-6-14-22(15-7-17)29(27,28)25-21-12-13-21/h6-11,14-15,18,21,25H,1-5,12-13,16H2,(H,24,26). The van der Waals surface area contributed by atoms with Crippen LogP contribution in [0, 0.1) is 0 Å². The fourth-order valence-electron chi connectivity index (χ4n) is 3.90. The molecule has 0 bridgehead atoms. The van der Waals surface area contributed by atoms with Crippen LogP contribution in [0.15, 0.2) is 53.4 Å². The number of nitrogens with one attached hydrogen (secondary N) is 2. The highest BCUT2D eigenvalue weighted by Crippen LogP contribution is 2.32. The molecule has 2 aliphatic rings. The number of carbonyl (C=O) groups excluding carboxylic acids is 1. The molecule has 5 nitrogen and oxygen atoms in total. The number of carbonyl (C=O) groups is 1. The highest BCUT2D eigenvalue weighted by Gasteiger charge is 2.27. The maximum atomic E-state index is 12.4. The summed E-state index contributed by atoms with van der Waals surface area (Å²) in [5.41, 5.74) is 2.85. The number of hydrogen-bond acceptors (Lipinski definition) is 3. The van der Waals surface area contributed by atoms with Gasteiger partial charge in [0.1, 0.15) is 0 Å². The minimum Gasteiger partial charge on any atom is -0.348 e. The van der Waals surface area contributed by atoms with Crippen LogP contribution < -0.4 is 10.0 Å². The fourth-order valence-corrected chi connectivity index (χ4v) is 5.21. The maximum Gasteiger partial charge on any atom is 0.251 e. The second-order valence-corrected chi connectivity index (χ2v) is 9.89. The van der Waals surface area contributed by atoms with Crippen molar-refractivity contribution in [2.24, 2.45) is 0 Å². The molecule has 4 rings (SSSR count). The molecule has 1 amide bonds. The molecule has 0 atom stereocenters. The Morgan fingerprint density at radius 2 is 1.52 bits per heavy atom. The topological polar surface area (TPSA) is 75.3 Å². The molecule has 0 aromatic heterocycles. The van der Waals surface area contributed by atoms with Crippen LogP contribution in [0.25, 0.3) is 0 Å². The molecule has 2 N–H and O–H groups in total. The predicted octanol–water partition coefficient (Wildman–Crippen LogP) is 4.11. The number of sulfonamides is 1. The lowest BCUT2D eigenvalue weighted by Crippen LogP contribution is -2.26. The minimum absolute atomic E-state index is 0.0865. The van der Waals surface area contributed by atoms with E-state index in [0.29, 0.717) is 18.0 Å². The molecule has 2 saturated carbocycles. The van der Waals surface area contributed by atoms with Gasteiger partial charge in [-0.2, -0.15) is 0 Å². The molecule has 0 aliphatic heterocycles. The van der Waals surface area contributed by atoms with Crippen LogP contribution >= 0.6 is 0 Å². The first-order valence-electron chi connectivity index (χ1n) is 10.5. The van der Waals surface area contributed by atoms with Crippen molar-refractivity contribution in [3.05, 3.63) is 65.2 Å². The first-order valence-corrected chi connectivity index (χ1v) is 12.0. The number of benzene rings is 2. The third-order valence-electron chi connectivity index (χ3n) is 5.84. The van der Waals surface area contributed by atoms with Gasteiger partial charge >= 0.3 is 0 Å². The Balaban J connectivity index is 1.32. The Bertz CT molecular complexity index is 943. The van der Waals surface area contributed by atoms with Crippen molar-refractivity contribution in [3.8, 4) is 0 Å². The summed E-state index contributed by atoms with van der Waals surface area (Å²) in [4.78, 5) is 12.7. The predicted molar refractivity (Wildman–Crippen MR) is 113 cm³/mol. The molecule has 29 heavy (non-hydrogen) atoms. The SMILES string of the molecule is O=C(NCc1ccc(S(=O)(=O)NC2CC2)cc1)c1ccc(C2CCCCC2)cc1. The summed E-state index contributed by atoms with van der Waals surface area (Å²) in [6.45, 7) is 0.361. The zero-order chi connectivity index (χ0) is 20.3. The summed E-state index contributed by atoms with van der Waals surface area (Å²) in [5.74, 6) is 0.511. The van der Waals surface area contributed by atoms with E-state index in [1.807, 2.05) is 12.1 Å². The highest BCUT2D eigenvalue weighted by molar-refractivity contribution is 7.89. The largest absolute Gasteiger partial charge is 0.348 e. The lowest BCUT2D eigenvalue weighted by molar-refractivity contribution is 0.0951. The molecular weight excluding hydrogens is 384 g/mol. The number of amides is 1. The average Bonchev–Trinajstić information content (AvgIpc) is 3.56. The molecule has 0 saturated heterocycles. The maximum absolute atomic E-state index is 12.4. The van der Waals surface area contributed by atoms with Gasteiger partial charge < -0.3 is 5.32 Å². The normalized spacial score (nSPS) is 17.8. The Hall–Kier alpha value is -2.18. The van der Waals surface area contributed by atoms with Gasteiger partial charge in [0.05, 0.1) is 4.90 Å². The second kappa shape index (κ2) is 8.67. The van der Waals surface area contributed by atoms with Gasteiger partial charge in [-0.05, 0) is 67.0 Å². The van der Waals surface area contributed by atoms with Crippen molar-refractivity contribution in [1.82, 2.24) is 10.0 Å². The Labute approximate surface area is 173 Å². The Morgan fingerprint density at radius 3 is 2.14 bits per heavy atom. The van der Waals surface area contributed by atoms with Crippen LogP contribution in [0.3, 0.4) is 0 Å². The van der Waals surface area contributed by atoms with Crippen LogP contribution in [0.1, 0.15) is 72.3 Å². The molecule has 2 aromatic rings. The van der Waals surface area contributed by atoms with Gasteiger partial charge in [0.2, 0.25) is 10.0 Å². The molecule has 0 unspecified atom stereocenters. The van der Waals surface area contributed by atoms with E-state index in [1.54, 1.807) is 24.3 Å². The van der Waals surface area contributed by atoms with Crippen LogP contribution in [-0.4, -0.2) is 20.4 Å². The zero-order valence-corrected chi connectivity index (χ0v) is 17.4. The molecule has 154 valence electrons. The van der Waals surface area contributed by atoms with Crippen molar-refractivity contribution in [2.75, 3.05) is 0 Å². The Morgan fingerprint density at radius 1 is 0.862 bits per heavy atom. The molecule has 2 fully saturated rings. The van der Waals surface area contributed by atoms with Gasteiger partial charge in [0.25, 0.3) is 5.91 Å². The average molecular weight is 413 g/mol. The molecule has 0 heterocycles. The lowest BCUT2D eigenvalue weighted by Gasteiger charge is -2.22. The van der Waals surface area contributed by atoms with Gasteiger partial charge in [0, 0.05) is 18.2 Å². The van der Waals surface area contributed by atoms with Crippen LogP contribution in [0.4, 0.5) is 0 Å². The summed E-state index contributed by atoms with van der Waals surface area (Å²) in [7, 11) is -3.44. The van der Waals surface area contributed by atoms with Crippen molar-refractivity contribution < 1.29 is 13.2 Å². The van der Waals surface area contributed by atoms with Crippen LogP contribution in [-0.2, 0) is 16.6 Å². The molecular formula is C23H28N2O3S. The van der Waals surface area contributed by atoms with E-state index in [9.17, 15) is 13.2 Å². The van der Waals surface area contributed by atoms with Gasteiger partial charge in [-0.25, -0.2) is 13.1 Å². The van der Waals surface area contributed by atoms with Gasteiger partial charge in [-0.1, -0.05) is 43.5 Å². The number of hydrogen-bond donors (Lipinski definition) is 2. The first-order chi connectivity index (χ1) is 14.0. The van der Waals surface area contributed by atoms with Crippen molar-refractivity contribution in [2.45, 2.75) is 68.3 Å². The Kier molecular flexibility index (Phi) is 6.01. The first kappa shape index (κ1) is 20.1. The minimum atomic E-state index is -3.44. The van der Waals surface area contributed by atoms with E-state index in [2.05, 4.69) is 22.2 Å². The highest BCUT2D eigenvalue weighted by atomic mass is 32.2. The van der Waals surface area contributed by atoms with Crippen molar-refractivity contribution in [1.29, 1.82) is 0 Å². The van der Waals surface area contributed by atoms with Gasteiger partial charge in [-0.15, -0.1) is 0 Å². The van der Waals surface area contributed by atoms with E-state index >= 15 is 0 Å². The van der Waals surface area contributed by atoms with E-state index in [0.717, 1.165) is 18.4 Å². The number of rotatable bonds is 7. The second-order valence-electron chi connectivity index (χ2n) is 8.18. The monoisotopic (exact) mass is 412 g/mol. The van der Waals surface area contributed by atoms with E-state index < -0.39 is 10.0 Å². The molecule has 0 spiro atoms. The van der Waals surface area contributed by atoms with Gasteiger partial charge in [-0.3, -0.25) is 4.79 Å². The van der Waals surface area contributed by atoms with Crippen LogP contribution in [0.2, 0.25) is 0 Å². The van der Waals surface area contributed by atoms with E-state index in [-0.39, 0.29) is 16.8 Å². The quantitative estimate of drug-likeness (QED) is 0.719. The third-order valence-corrected chi connectivity index (χ3v) is 7.37. The molecule has 0 radical (unpaired) electrons. The summed E-state index contributed by atoms with van der Waals surface area (Å²) < 4.78 is 27.1. The molecule has 2 aromatic carbocycles. The van der Waals surface area contributed by atoms with Gasteiger partial charge in [0.15, 0.2) is 0 Å². The molecule has 6 heteroatoms. The summed E-state index contributed by atoms with van der Waals surface area (Å²) in [5, 5.41) is 2.91. The summed E-state index contributed by atoms with van der Waals surface area (Å²) in [6.07, 6.45) is 8.23. The van der Waals surface area contributed by atoms with Crippen LogP contribution in [0.5, 0.6) is 0 Å². The van der Waals surface area contributed by atoms with E-state index in [1.165, 1.54) is 37.7 Å². The zero-order valence-electron chi connectivity index (χ0n) is 16.6. The lowest BCUT2D eigenvalue weighted by atomic mass is 9.84. The smallest absolute Gasteiger partial charge is 0.251 e. The van der Waals surface area contributed by atoms with Crippen molar-refractivity contribution >= 4 is 15.9 Å². The fraction of sp³-hybridized carbons (Fsp3) is 0.435. The van der Waals surface area contributed by atoms with Crippen molar-refractivity contribution in [3.63, 3.8) is 0 Å². The van der Waals surface area contributed by atoms with E-state index in [4.69, 9.17) is 0 Å². The summed E-state index contributed by atoms with van der Waals surface area (Å²) in [6, 6.07) is 14.7.